The molecular formula is C17H21FN2OS. The highest BCUT2D eigenvalue weighted by Gasteiger charge is 2.23. The number of methoxy groups -OCH3 is 1. The van der Waals surface area contributed by atoms with Crippen LogP contribution in [0.3, 0.4) is 0 Å². The zero-order valence-electron chi connectivity index (χ0n) is 13.0. The molecule has 0 saturated carbocycles. The topological polar surface area (TPSA) is 25.4 Å². The molecule has 1 aliphatic rings. The number of hydrogen-bond acceptors (Lipinski definition) is 4. The molecule has 0 spiro atoms. The lowest BCUT2D eigenvalue weighted by molar-refractivity contribution is 0.418. The van der Waals surface area contributed by atoms with Crippen molar-refractivity contribution in [2.75, 3.05) is 37.1 Å². The van der Waals surface area contributed by atoms with Crippen molar-refractivity contribution in [1.29, 1.82) is 0 Å². The van der Waals surface area contributed by atoms with Gasteiger partial charge in [-0.05, 0) is 36.8 Å². The maximum absolute atomic E-state index is 14.4. The van der Waals surface area contributed by atoms with Crippen LogP contribution in [-0.4, -0.2) is 37.2 Å². The molecular weight excluding hydrogens is 299 g/mol. The van der Waals surface area contributed by atoms with E-state index in [9.17, 15) is 4.39 Å². The van der Waals surface area contributed by atoms with Crippen LogP contribution in [0, 0.1) is 11.7 Å². The summed E-state index contributed by atoms with van der Waals surface area (Å²) in [5, 5.41) is 0.836. The average molecular weight is 320 g/mol. The van der Waals surface area contributed by atoms with Crippen molar-refractivity contribution in [3.63, 3.8) is 0 Å². The van der Waals surface area contributed by atoms with Crippen molar-refractivity contribution >= 4 is 28.4 Å². The Morgan fingerprint density at radius 2 is 2.14 bits per heavy atom. The number of nitrogens with zero attached hydrogens (tertiary/aromatic N) is 2. The molecule has 0 aliphatic carbocycles. The Morgan fingerprint density at radius 3 is 2.82 bits per heavy atom. The minimum absolute atomic E-state index is 0.246. The van der Waals surface area contributed by atoms with Gasteiger partial charge < -0.3 is 9.64 Å². The fourth-order valence-electron chi connectivity index (χ4n) is 3.20. The average Bonchev–Trinajstić information content (AvgIpc) is 2.55. The lowest BCUT2D eigenvalue weighted by Crippen LogP contribution is -2.35. The number of halogens is 1. The van der Waals surface area contributed by atoms with Crippen LogP contribution in [-0.2, 0) is 0 Å². The van der Waals surface area contributed by atoms with E-state index in [1.807, 2.05) is 30.0 Å². The van der Waals surface area contributed by atoms with Crippen LogP contribution in [0.15, 0.2) is 24.4 Å². The molecule has 118 valence electrons. The molecule has 2 heterocycles. The number of ether oxygens (including phenoxy) is 1. The summed E-state index contributed by atoms with van der Waals surface area (Å²) < 4.78 is 19.8. The van der Waals surface area contributed by atoms with Crippen molar-refractivity contribution in [1.82, 2.24) is 4.98 Å². The number of piperidine rings is 1. The van der Waals surface area contributed by atoms with Gasteiger partial charge in [-0.25, -0.2) is 9.37 Å². The molecule has 1 saturated heterocycles. The number of hydrogen-bond donors (Lipinski definition) is 0. The van der Waals surface area contributed by atoms with E-state index in [-0.39, 0.29) is 5.82 Å². The summed E-state index contributed by atoms with van der Waals surface area (Å²) in [5.41, 5.74) is 1.40. The van der Waals surface area contributed by atoms with Crippen molar-refractivity contribution < 1.29 is 9.13 Å². The predicted molar refractivity (Wildman–Crippen MR) is 91.6 cm³/mol. The summed E-state index contributed by atoms with van der Waals surface area (Å²) in [6, 6.07) is 5.69. The molecule has 22 heavy (non-hydrogen) atoms. The number of benzene rings is 1. The molecule has 0 radical (unpaired) electrons. The van der Waals surface area contributed by atoms with Crippen LogP contribution in [0.4, 0.5) is 10.1 Å². The van der Waals surface area contributed by atoms with E-state index in [0.29, 0.717) is 11.4 Å². The summed E-state index contributed by atoms with van der Waals surface area (Å²) in [6.45, 7) is 1.80. The van der Waals surface area contributed by atoms with Crippen LogP contribution >= 0.6 is 11.8 Å². The molecule has 3 rings (SSSR count). The molecule has 1 aliphatic heterocycles. The highest BCUT2D eigenvalue weighted by atomic mass is 32.2. The van der Waals surface area contributed by atoms with Crippen molar-refractivity contribution in [2.24, 2.45) is 5.92 Å². The highest BCUT2D eigenvalue weighted by Crippen LogP contribution is 2.35. The van der Waals surface area contributed by atoms with Gasteiger partial charge in [0.2, 0.25) is 0 Å². The molecule has 0 N–H and O–H groups in total. The van der Waals surface area contributed by atoms with E-state index >= 15 is 0 Å². The van der Waals surface area contributed by atoms with Crippen LogP contribution in [0.1, 0.15) is 12.8 Å². The van der Waals surface area contributed by atoms with Crippen molar-refractivity contribution in [3.05, 3.63) is 30.2 Å². The standard InChI is InChI=1S/C17H21FN2OS/c1-21-15-5-3-4-13-16(15)19-10-14(18)17(13)20-8-6-12(7-9-20)11-22-2/h3-5,10,12H,6-9,11H2,1-2H3. The number of aromatic nitrogens is 1. The van der Waals surface area contributed by atoms with Crippen LogP contribution in [0.2, 0.25) is 0 Å². The molecule has 1 aromatic carbocycles. The van der Waals surface area contributed by atoms with Gasteiger partial charge in [0.25, 0.3) is 0 Å². The third kappa shape index (κ3) is 2.86. The maximum Gasteiger partial charge on any atom is 0.165 e. The SMILES string of the molecule is COc1cccc2c(N3CCC(CSC)CC3)c(F)cnc12. The summed E-state index contributed by atoms with van der Waals surface area (Å²) in [7, 11) is 1.62. The molecule has 2 aromatic rings. The summed E-state index contributed by atoms with van der Waals surface area (Å²) in [5.74, 6) is 2.39. The second kappa shape index (κ2) is 6.73. The van der Waals surface area contributed by atoms with Gasteiger partial charge in [-0.3, -0.25) is 0 Å². The Bertz CT molecular complexity index is 656. The number of para-hydroxylation sites is 1. The first-order chi connectivity index (χ1) is 10.7. The second-order valence-electron chi connectivity index (χ2n) is 5.70. The van der Waals surface area contributed by atoms with E-state index in [4.69, 9.17) is 4.74 Å². The van der Waals surface area contributed by atoms with Crippen molar-refractivity contribution in [2.45, 2.75) is 12.8 Å². The van der Waals surface area contributed by atoms with Gasteiger partial charge in [0.05, 0.1) is 19.0 Å². The van der Waals surface area contributed by atoms with Gasteiger partial charge in [-0.15, -0.1) is 0 Å². The third-order valence-corrected chi connectivity index (χ3v) is 5.15. The smallest absolute Gasteiger partial charge is 0.165 e. The van der Waals surface area contributed by atoms with E-state index < -0.39 is 0 Å². The van der Waals surface area contributed by atoms with Gasteiger partial charge >= 0.3 is 0 Å². The molecule has 1 aromatic heterocycles. The zero-order valence-corrected chi connectivity index (χ0v) is 13.8. The number of pyridine rings is 1. The molecule has 0 amide bonds. The summed E-state index contributed by atoms with van der Waals surface area (Å²) >= 11 is 1.90. The minimum Gasteiger partial charge on any atom is -0.494 e. The highest BCUT2D eigenvalue weighted by molar-refractivity contribution is 7.98. The molecule has 0 atom stereocenters. The van der Waals surface area contributed by atoms with E-state index in [1.165, 1.54) is 11.9 Å². The summed E-state index contributed by atoms with van der Waals surface area (Å²) in [6.07, 6.45) is 5.70. The van der Waals surface area contributed by atoms with Gasteiger partial charge in [0.1, 0.15) is 11.3 Å². The largest absolute Gasteiger partial charge is 0.494 e. The first-order valence-electron chi connectivity index (χ1n) is 7.59. The first kappa shape index (κ1) is 15.4. The van der Waals surface area contributed by atoms with E-state index in [0.717, 1.165) is 42.8 Å². The normalized spacial score (nSPS) is 16.2. The second-order valence-corrected chi connectivity index (χ2v) is 6.61. The number of fused-ring (bicyclic) bond motifs is 1. The van der Waals surface area contributed by atoms with Crippen molar-refractivity contribution in [3.8, 4) is 5.75 Å². The Labute approximate surface area is 134 Å². The van der Waals surface area contributed by atoms with Gasteiger partial charge in [0, 0.05) is 18.5 Å². The van der Waals surface area contributed by atoms with Crippen LogP contribution < -0.4 is 9.64 Å². The van der Waals surface area contributed by atoms with Gasteiger partial charge in [0.15, 0.2) is 5.82 Å². The lowest BCUT2D eigenvalue weighted by atomic mass is 9.98. The minimum atomic E-state index is -0.246. The zero-order chi connectivity index (χ0) is 15.5. The van der Waals surface area contributed by atoms with Gasteiger partial charge in [-0.1, -0.05) is 12.1 Å². The van der Waals surface area contributed by atoms with Crippen LogP contribution in [0.5, 0.6) is 5.75 Å². The number of thioether (sulfide) groups is 1. The Kier molecular flexibility index (Phi) is 4.71. The predicted octanol–water partition coefficient (Wildman–Crippen LogP) is 3.96. The summed E-state index contributed by atoms with van der Waals surface area (Å²) in [4.78, 5) is 6.38. The van der Waals surface area contributed by atoms with E-state index in [1.54, 1.807) is 7.11 Å². The quantitative estimate of drug-likeness (QED) is 0.851. The molecule has 0 bridgehead atoms. The van der Waals surface area contributed by atoms with Gasteiger partial charge in [-0.2, -0.15) is 11.8 Å². The monoisotopic (exact) mass is 320 g/mol. The Balaban J connectivity index is 1.95. The van der Waals surface area contributed by atoms with Crippen LogP contribution in [0.25, 0.3) is 10.9 Å². The van der Waals surface area contributed by atoms with E-state index in [2.05, 4.69) is 16.1 Å². The molecule has 5 heteroatoms. The fraction of sp³-hybridized carbons (Fsp3) is 0.471. The third-order valence-electron chi connectivity index (χ3n) is 4.34. The number of anilines is 1. The Hall–Kier alpha value is -1.49. The molecule has 1 fully saturated rings. The molecule has 3 nitrogen and oxygen atoms in total. The fourth-order valence-corrected chi connectivity index (χ4v) is 4.01. The Morgan fingerprint density at radius 1 is 1.36 bits per heavy atom. The first-order valence-corrected chi connectivity index (χ1v) is 8.99. The molecule has 0 unspecified atom stereocenters. The number of rotatable bonds is 4. The lowest BCUT2D eigenvalue weighted by Gasteiger charge is -2.34. The maximum atomic E-state index is 14.4.